The molecule has 1 aromatic heterocycles. The van der Waals surface area contributed by atoms with Gasteiger partial charge in [0, 0.05) is 51.2 Å². The SMILES string of the molecule is CCNC(=NCCOc1cccc(NC(C)=O)c1)N(C)Cc1cc(Cl)cn1C. The van der Waals surface area contributed by atoms with Gasteiger partial charge in [-0.15, -0.1) is 0 Å². The van der Waals surface area contributed by atoms with Gasteiger partial charge in [0.15, 0.2) is 5.96 Å². The second-order valence-electron chi connectivity index (χ2n) is 6.41. The number of guanidine groups is 1. The highest BCUT2D eigenvalue weighted by atomic mass is 35.5. The fourth-order valence-corrected chi connectivity index (χ4v) is 2.97. The Kier molecular flexibility index (Phi) is 8.19. The molecule has 1 aromatic carbocycles. The third kappa shape index (κ3) is 6.81. The van der Waals surface area contributed by atoms with E-state index in [0.29, 0.717) is 31.1 Å². The van der Waals surface area contributed by atoms with Gasteiger partial charge in [0.1, 0.15) is 12.4 Å². The second kappa shape index (κ2) is 10.6. The van der Waals surface area contributed by atoms with Crippen LogP contribution in [0.5, 0.6) is 5.75 Å². The van der Waals surface area contributed by atoms with Crippen molar-refractivity contribution >= 4 is 29.2 Å². The lowest BCUT2D eigenvalue weighted by Crippen LogP contribution is -2.39. The molecular weight excluding hydrogens is 378 g/mol. The highest BCUT2D eigenvalue weighted by Crippen LogP contribution is 2.17. The minimum Gasteiger partial charge on any atom is -0.492 e. The van der Waals surface area contributed by atoms with E-state index in [0.717, 1.165) is 23.2 Å². The fourth-order valence-electron chi connectivity index (χ4n) is 2.69. The van der Waals surface area contributed by atoms with Crippen LogP contribution < -0.4 is 15.4 Å². The van der Waals surface area contributed by atoms with Crippen molar-refractivity contribution < 1.29 is 9.53 Å². The van der Waals surface area contributed by atoms with Gasteiger partial charge >= 0.3 is 0 Å². The number of carbonyl (C=O) groups excluding carboxylic acids is 1. The highest BCUT2D eigenvalue weighted by molar-refractivity contribution is 6.30. The van der Waals surface area contributed by atoms with Gasteiger partial charge in [-0.05, 0) is 25.1 Å². The minimum absolute atomic E-state index is 0.112. The number of hydrogen-bond donors (Lipinski definition) is 2. The molecule has 1 heterocycles. The van der Waals surface area contributed by atoms with Crippen LogP contribution in [0.2, 0.25) is 5.02 Å². The Bertz CT molecular complexity index is 819. The van der Waals surface area contributed by atoms with Gasteiger partial charge in [-0.3, -0.25) is 4.79 Å². The van der Waals surface area contributed by atoms with Crippen LogP contribution in [0.4, 0.5) is 5.69 Å². The summed E-state index contributed by atoms with van der Waals surface area (Å²) in [5, 5.41) is 6.75. The molecule has 0 spiro atoms. The van der Waals surface area contributed by atoms with Gasteiger partial charge in [0.05, 0.1) is 18.1 Å². The standard InChI is InChI=1S/C20H28ClN5O2/c1-5-22-20(26(4)14-18-11-16(21)13-25(18)3)23-9-10-28-19-8-6-7-17(12-19)24-15(2)27/h6-8,11-13H,5,9-10,14H2,1-4H3,(H,22,23)(H,24,27). The molecule has 0 saturated heterocycles. The number of amides is 1. The molecule has 0 aliphatic heterocycles. The number of anilines is 1. The van der Waals surface area contributed by atoms with Gasteiger partial charge in [-0.1, -0.05) is 17.7 Å². The summed E-state index contributed by atoms with van der Waals surface area (Å²) in [5.74, 6) is 1.38. The van der Waals surface area contributed by atoms with Gasteiger partial charge in [-0.25, -0.2) is 4.99 Å². The number of nitrogens with zero attached hydrogens (tertiary/aromatic N) is 3. The van der Waals surface area contributed by atoms with Crippen molar-refractivity contribution in [3.05, 3.63) is 47.2 Å². The van der Waals surface area contributed by atoms with Crippen molar-refractivity contribution in [3.8, 4) is 5.75 Å². The maximum Gasteiger partial charge on any atom is 0.221 e. The molecule has 2 aromatic rings. The average Bonchev–Trinajstić information content (AvgIpc) is 2.94. The summed E-state index contributed by atoms with van der Waals surface area (Å²) < 4.78 is 7.76. The van der Waals surface area contributed by atoms with Crippen molar-refractivity contribution in [1.82, 2.24) is 14.8 Å². The molecule has 0 radical (unpaired) electrons. The zero-order valence-electron chi connectivity index (χ0n) is 16.8. The number of carbonyl (C=O) groups is 1. The number of ether oxygens (including phenoxy) is 1. The van der Waals surface area contributed by atoms with Crippen LogP contribution in [-0.2, 0) is 18.4 Å². The maximum atomic E-state index is 11.1. The Morgan fingerprint density at radius 1 is 1.36 bits per heavy atom. The molecule has 2 rings (SSSR count). The van der Waals surface area contributed by atoms with Gasteiger partial charge < -0.3 is 24.8 Å². The van der Waals surface area contributed by atoms with E-state index in [1.165, 1.54) is 6.92 Å². The van der Waals surface area contributed by atoms with Crippen LogP contribution in [0, 0.1) is 0 Å². The molecule has 0 saturated carbocycles. The summed E-state index contributed by atoms with van der Waals surface area (Å²) in [6.45, 7) is 5.91. The van der Waals surface area contributed by atoms with E-state index in [2.05, 4.69) is 15.6 Å². The topological polar surface area (TPSA) is 70.9 Å². The van der Waals surface area contributed by atoms with Crippen molar-refractivity contribution in [2.45, 2.75) is 20.4 Å². The Balaban J connectivity index is 1.91. The van der Waals surface area contributed by atoms with Gasteiger partial charge in [-0.2, -0.15) is 0 Å². The van der Waals surface area contributed by atoms with Crippen LogP contribution in [0.15, 0.2) is 41.5 Å². The van der Waals surface area contributed by atoms with Crippen LogP contribution in [0.1, 0.15) is 19.5 Å². The zero-order chi connectivity index (χ0) is 20.5. The monoisotopic (exact) mass is 405 g/mol. The molecule has 8 heteroatoms. The molecular formula is C20H28ClN5O2. The first-order valence-corrected chi connectivity index (χ1v) is 9.57. The third-order valence-electron chi connectivity index (χ3n) is 3.95. The number of hydrogen-bond acceptors (Lipinski definition) is 3. The summed E-state index contributed by atoms with van der Waals surface area (Å²) in [7, 11) is 3.96. The molecule has 0 unspecified atom stereocenters. The molecule has 0 bridgehead atoms. The van der Waals surface area contributed by atoms with Gasteiger partial charge in [0.2, 0.25) is 5.91 Å². The van der Waals surface area contributed by atoms with Crippen LogP contribution >= 0.6 is 11.6 Å². The summed E-state index contributed by atoms with van der Waals surface area (Å²) in [4.78, 5) is 17.8. The van der Waals surface area contributed by atoms with Crippen molar-refractivity contribution in [3.63, 3.8) is 0 Å². The first kappa shape index (κ1) is 21.6. The number of halogens is 1. The number of aryl methyl sites for hydroxylation is 1. The molecule has 0 aliphatic carbocycles. The van der Waals surface area contributed by atoms with E-state index in [1.54, 1.807) is 6.07 Å². The molecule has 7 nitrogen and oxygen atoms in total. The third-order valence-corrected chi connectivity index (χ3v) is 4.15. The molecule has 0 fully saturated rings. The lowest BCUT2D eigenvalue weighted by molar-refractivity contribution is -0.114. The summed E-state index contributed by atoms with van der Waals surface area (Å²) in [5.41, 5.74) is 1.81. The minimum atomic E-state index is -0.112. The Hall–Kier alpha value is -2.67. The fraction of sp³-hybridized carbons (Fsp3) is 0.400. The van der Waals surface area contributed by atoms with Crippen molar-refractivity contribution in [1.29, 1.82) is 0 Å². The highest BCUT2D eigenvalue weighted by Gasteiger charge is 2.09. The van der Waals surface area contributed by atoms with E-state index >= 15 is 0 Å². The molecule has 152 valence electrons. The van der Waals surface area contributed by atoms with E-state index < -0.39 is 0 Å². The molecule has 0 atom stereocenters. The Labute approximate surface area is 171 Å². The van der Waals surface area contributed by atoms with Crippen LogP contribution in [-0.4, -0.2) is 48.1 Å². The first-order chi connectivity index (χ1) is 13.4. The Morgan fingerprint density at radius 2 is 2.14 bits per heavy atom. The van der Waals surface area contributed by atoms with Crippen molar-refractivity contribution in [2.75, 3.05) is 32.1 Å². The van der Waals surface area contributed by atoms with E-state index in [1.807, 2.05) is 60.9 Å². The van der Waals surface area contributed by atoms with E-state index in [9.17, 15) is 4.79 Å². The smallest absolute Gasteiger partial charge is 0.221 e. The van der Waals surface area contributed by atoms with E-state index in [4.69, 9.17) is 16.3 Å². The molecule has 0 aliphatic rings. The van der Waals surface area contributed by atoms with Crippen LogP contribution in [0.25, 0.3) is 0 Å². The quantitative estimate of drug-likeness (QED) is 0.402. The average molecular weight is 406 g/mol. The summed E-state index contributed by atoms with van der Waals surface area (Å²) >= 11 is 6.06. The molecule has 28 heavy (non-hydrogen) atoms. The normalized spacial score (nSPS) is 11.2. The lowest BCUT2D eigenvalue weighted by Gasteiger charge is -2.22. The van der Waals surface area contributed by atoms with Crippen molar-refractivity contribution in [2.24, 2.45) is 12.0 Å². The van der Waals surface area contributed by atoms with E-state index in [-0.39, 0.29) is 5.91 Å². The van der Waals surface area contributed by atoms with Gasteiger partial charge in [0.25, 0.3) is 0 Å². The second-order valence-corrected chi connectivity index (χ2v) is 6.85. The largest absolute Gasteiger partial charge is 0.492 e. The number of nitrogens with one attached hydrogen (secondary N) is 2. The molecule has 2 N–H and O–H groups in total. The molecule has 1 amide bonds. The predicted molar refractivity (Wildman–Crippen MR) is 114 cm³/mol. The number of rotatable bonds is 8. The lowest BCUT2D eigenvalue weighted by atomic mass is 10.3. The zero-order valence-corrected chi connectivity index (χ0v) is 17.6. The summed E-state index contributed by atoms with van der Waals surface area (Å²) in [6, 6.07) is 9.26. The first-order valence-electron chi connectivity index (χ1n) is 9.19. The Morgan fingerprint density at radius 3 is 2.79 bits per heavy atom. The predicted octanol–water partition coefficient (Wildman–Crippen LogP) is 3.11. The number of benzene rings is 1. The number of aliphatic imine (C=N–C) groups is 1. The summed E-state index contributed by atoms with van der Waals surface area (Å²) in [6.07, 6.45) is 1.89. The maximum absolute atomic E-state index is 11.1. The number of aromatic nitrogens is 1. The van der Waals surface area contributed by atoms with Crippen LogP contribution in [0.3, 0.4) is 0 Å².